The van der Waals surface area contributed by atoms with Crippen LogP contribution in [0.2, 0.25) is 5.02 Å². The Morgan fingerprint density at radius 2 is 1.82 bits per heavy atom. The minimum absolute atomic E-state index is 0. The fraction of sp³-hybridized carbons (Fsp3) is 0.538. The Kier molecular flexibility index (Phi) is 6.90. The highest BCUT2D eigenvalue weighted by Crippen LogP contribution is 2.11. The summed E-state index contributed by atoms with van der Waals surface area (Å²) in [4.78, 5) is 0. The summed E-state index contributed by atoms with van der Waals surface area (Å²) < 4.78 is 0. The highest BCUT2D eigenvalue weighted by atomic mass is 35.5. The van der Waals surface area contributed by atoms with Gasteiger partial charge in [-0.2, -0.15) is 0 Å². The van der Waals surface area contributed by atoms with Gasteiger partial charge in [0.2, 0.25) is 0 Å². The molecule has 1 aromatic rings. The van der Waals surface area contributed by atoms with Crippen molar-refractivity contribution >= 4 is 24.0 Å². The van der Waals surface area contributed by atoms with E-state index in [0.717, 1.165) is 24.0 Å². The molecule has 1 saturated heterocycles. The molecule has 0 atom stereocenters. The second-order valence-corrected chi connectivity index (χ2v) is 4.89. The molecule has 0 bridgehead atoms. The van der Waals surface area contributed by atoms with Gasteiger partial charge in [-0.3, -0.25) is 0 Å². The Bertz CT molecular complexity index is 308. The summed E-state index contributed by atoms with van der Waals surface area (Å²) >= 11 is 5.84. The lowest BCUT2D eigenvalue weighted by atomic mass is 9.98. The lowest BCUT2D eigenvalue weighted by molar-refractivity contribution is 0.356. The summed E-state index contributed by atoms with van der Waals surface area (Å²) in [5, 5.41) is 7.71. The maximum atomic E-state index is 5.84. The summed E-state index contributed by atoms with van der Waals surface area (Å²) in [7, 11) is 0. The van der Waals surface area contributed by atoms with E-state index in [1.807, 2.05) is 12.1 Å². The van der Waals surface area contributed by atoms with Crippen LogP contribution in [0, 0.1) is 5.92 Å². The number of hydrogen-bond acceptors (Lipinski definition) is 2. The fourth-order valence-electron chi connectivity index (χ4n) is 2.11. The van der Waals surface area contributed by atoms with Gasteiger partial charge in [0.1, 0.15) is 0 Å². The van der Waals surface area contributed by atoms with E-state index >= 15 is 0 Å². The Labute approximate surface area is 115 Å². The molecule has 1 aromatic carbocycles. The first-order valence-corrected chi connectivity index (χ1v) is 6.38. The van der Waals surface area contributed by atoms with Crippen LogP contribution >= 0.6 is 24.0 Å². The van der Waals surface area contributed by atoms with Crippen molar-refractivity contribution in [3.05, 3.63) is 34.9 Å². The molecule has 1 fully saturated rings. The van der Waals surface area contributed by atoms with E-state index in [1.54, 1.807) is 0 Å². The van der Waals surface area contributed by atoms with Gasteiger partial charge < -0.3 is 10.6 Å². The zero-order valence-corrected chi connectivity index (χ0v) is 11.5. The molecule has 1 aliphatic heterocycles. The Hall–Kier alpha value is -0.280. The van der Waals surface area contributed by atoms with Crippen LogP contribution in [0.3, 0.4) is 0 Å². The third kappa shape index (κ3) is 5.26. The van der Waals surface area contributed by atoms with Crippen LogP contribution in [0.15, 0.2) is 24.3 Å². The van der Waals surface area contributed by atoms with Crippen LogP contribution in [0.1, 0.15) is 18.4 Å². The van der Waals surface area contributed by atoms with E-state index < -0.39 is 0 Å². The molecule has 0 radical (unpaired) electrons. The minimum Gasteiger partial charge on any atom is -0.317 e. The number of piperidine rings is 1. The van der Waals surface area contributed by atoms with E-state index in [0.29, 0.717) is 0 Å². The molecule has 0 saturated carbocycles. The molecule has 2 N–H and O–H groups in total. The second kappa shape index (κ2) is 7.93. The third-order valence-corrected chi connectivity index (χ3v) is 3.39. The minimum atomic E-state index is 0. The summed E-state index contributed by atoms with van der Waals surface area (Å²) in [5.74, 6) is 0.841. The smallest absolute Gasteiger partial charge is 0.0406 e. The molecule has 0 aromatic heterocycles. The SMILES string of the molecule is Cl.Clc1ccc(CNCC2CCNCC2)cc1. The van der Waals surface area contributed by atoms with Gasteiger partial charge >= 0.3 is 0 Å². The maximum Gasteiger partial charge on any atom is 0.0406 e. The van der Waals surface area contributed by atoms with Gasteiger partial charge in [0.15, 0.2) is 0 Å². The molecule has 1 heterocycles. The monoisotopic (exact) mass is 274 g/mol. The molecule has 2 nitrogen and oxygen atoms in total. The van der Waals surface area contributed by atoms with Crippen LogP contribution in [0.5, 0.6) is 0 Å². The summed E-state index contributed by atoms with van der Waals surface area (Å²) in [6.45, 7) is 4.42. The first-order chi connectivity index (χ1) is 7.84. The van der Waals surface area contributed by atoms with Gasteiger partial charge in [0.05, 0.1) is 0 Å². The molecule has 17 heavy (non-hydrogen) atoms. The van der Waals surface area contributed by atoms with Gasteiger partial charge in [-0.05, 0) is 56.1 Å². The molecular formula is C13H20Cl2N2. The van der Waals surface area contributed by atoms with Crippen molar-refractivity contribution < 1.29 is 0 Å². The molecule has 2 rings (SSSR count). The number of benzene rings is 1. The fourth-order valence-corrected chi connectivity index (χ4v) is 2.23. The third-order valence-electron chi connectivity index (χ3n) is 3.13. The quantitative estimate of drug-likeness (QED) is 0.883. The van der Waals surface area contributed by atoms with Crippen molar-refractivity contribution in [3.8, 4) is 0 Å². The van der Waals surface area contributed by atoms with Gasteiger partial charge in [-0.1, -0.05) is 23.7 Å². The standard InChI is InChI=1S/C13H19ClN2.ClH/c14-13-3-1-11(2-4-13)9-16-10-12-5-7-15-8-6-12;/h1-4,12,15-16H,5-10H2;1H. The summed E-state index contributed by atoms with van der Waals surface area (Å²) in [6.07, 6.45) is 2.60. The highest BCUT2D eigenvalue weighted by Gasteiger charge is 2.11. The predicted molar refractivity (Wildman–Crippen MR) is 76.0 cm³/mol. The van der Waals surface area contributed by atoms with Gasteiger partial charge in [0.25, 0.3) is 0 Å². The zero-order valence-electron chi connectivity index (χ0n) is 9.92. The predicted octanol–water partition coefficient (Wildman–Crippen LogP) is 2.85. The Morgan fingerprint density at radius 1 is 1.18 bits per heavy atom. The van der Waals surface area contributed by atoms with E-state index in [9.17, 15) is 0 Å². The van der Waals surface area contributed by atoms with Crippen LogP contribution in [-0.4, -0.2) is 19.6 Å². The largest absolute Gasteiger partial charge is 0.317 e. The highest BCUT2D eigenvalue weighted by molar-refractivity contribution is 6.30. The van der Waals surface area contributed by atoms with Crippen molar-refractivity contribution in [2.24, 2.45) is 5.92 Å². The Morgan fingerprint density at radius 3 is 2.47 bits per heavy atom. The van der Waals surface area contributed by atoms with E-state index in [2.05, 4.69) is 22.8 Å². The van der Waals surface area contributed by atoms with E-state index in [-0.39, 0.29) is 12.4 Å². The van der Waals surface area contributed by atoms with Gasteiger partial charge in [0, 0.05) is 11.6 Å². The first kappa shape index (κ1) is 14.8. The second-order valence-electron chi connectivity index (χ2n) is 4.45. The zero-order chi connectivity index (χ0) is 11.2. The van der Waals surface area contributed by atoms with E-state index in [1.165, 1.54) is 31.5 Å². The normalized spacial score (nSPS) is 16.5. The van der Waals surface area contributed by atoms with Crippen LogP contribution in [0.4, 0.5) is 0 Å². The number of rotatable bonds is 4. The van der Waals surface area contributed by atoms with Crippen LogP contribution < -0.4 is 10.6 Å². The topological polar surface area (TPSA) is 24.1 Å². The van der Waals surface area contributed by atoms with Crippen molar-refractivity contribution in [2.45, 2.75) is 19.4 Å². The molecule has 96 valence electrons. The van der Waals surface area contributed by atoms with Gasteiger partial charge in [-0.25, -0.2) is 0 Å². The number of nitrogens with one attached hydrogen (secondary N) is 2. The molecular weight excluding hydrogens is 255 g/mol. The summed E-state index contributed by atoms with van der Waals surface area (Å²) in [5.41, 5.74) is 1.30. The van der Waals surface area contributed by atoms with Crippen LogP contribution in [-0.2, 0) is 6.54 Å². The van der Waals surface area contributed by atoms with E-state index in [4.69, 9.17) is 11.6 Å². The lowest BCUT2D eigenvalue weighted by Gasteiger charge is -2.22. The average Bonchev–Trinajstić information content (AvgIpc) is 2.33. The molecule has 0 spiro atoms. The van der Waals surface area contributed by atoms with Crippen molar-refractivity contribution in [2.75, 3.05) is 19.6 Å². The molecule has 0 unspecified atom stereocenters. The molecule has 4 heteroatoms. The van der Waals surface area contributed by atoms with Crippen LogP contribution in [0.25, 0.3) is 0 Å². The molecule has 1 aliphatic rings. The average molecular weight is 275 g/mol. The van der Waals surface area contributed by atoms with Crippen molar-refractivity contribution in [3.63, 3.8) is 0 Å². The van der Waals surface area contributed by atoms with Crippen molar-refractivity contribution in [1.29, 1.82) is 0 Å². The first-order valence-electron chi connectivity index (χ1n) is 6.00. The molecule has 0 amide bonds. The summed E-state index contributed by atoms with van der Waals surface area (Å²) in [6, 6.07) is 8.06. The number of hydrogen-bond donors (Lipinski definition) is 2. The molecule has 0 aliphatic carbocycles. The maximum absolute atomic E-state index is 5.84. The lowest BCUT2D eigenvalue weighted by Crippen LogP contribution is -2.33. The van der Waals surface area contributed by atoms with Crippen molar-refractivity contribution in [1.82, 2.24) is 10.6 Å². The van der Waals surface area contributed by atoms with Gasteiger partial charge in [-0.15, -0.1) is 12.4 Å². The number of halogens is 2. The Balaban J connectivity index is 0.00000144.